The molecular formula is C17H22N6O. The van der Waals surface area contributed by atoms with Crippen LogP contribution in [0.25, 0.3) is 0 Å². The lowest BCUT2D eigenvalue weighted by Crippen LogP contribution is -2.46. The van der Waals surface area contributed by atoms with Gasteiger partial charge in [0, 0.05) is 38.8 Å². The highest BCUT2D eigenvalue weighted by Crippen LogP contribution is 2.15. The summed E-state index contributed by atoms with van der Waals surface area (Å²) in [7, 11) is 0. The van der Waals surface area contributed by atoms with Crippen LogP contribution in [0.1, 0.15) is 37.0 Å². The number of hydrogen-bond acceptors (Lipinski definition) is 7. The minimum absolute atomic E-state index is 0.590. The molecule has 1 aliphatic rings. The molecule has 0 atom stereocenters. The molecule has 0 unspecified atom stereocenters. The van der Waals surface area contributed by atoms with E-state index in [4.69, 9.17) is 9.78 Å². The molecule has 0 amide bonds. The van der Waals surface area contributed by atoms with Crippen LogP contribution in [0.3, 0.4) is 0 Å². The van der Waals surface area contributed by atoms with Gasteiger partial charge in [0.1, 0.15) is 11.9 Å². The quantitative estimate of drug-likeness (QED) is 0.803. The fraction of sp³-hybridized carbons (Fsp3) is 0.529. The molecule has 3 rings (SSSR count). The predicted octanol–water partition coefficient (Wildman–Crippen LogP) is 2.00. The van der Waals surface area contributed by atoms with E-state index in [9.17, 15) is 0 Å². The molecule has 126 valence electrons. The average molecular weight is 326 g/mol. The summed E-state index contributed by atoms with van der Waals surface area (Å²) >= 11 is 0. The highest BCUT2D eigenvalue weighted by molar-refractivity contribution is 5.42. The largest absolute Gasteiger partial charge is 0.354 e. The predicted molar refractivity (Wildman–Crippen MR) is 89.4 cm³/mol. The maximum absolute atomic E-state index is 8.83. The van der Waals surface area contributed by atoms with Crippen LogP contribution >= 0.6 is 0 Å². The SMILES string of the molecule is CCCCc1noc(CN2CCN(c3ccc(C#N)cn3)CC2)n1. The van der Waals surface area contributed by atoms with Crippen molar-refractivity contribution in [3.8, 4) is 6.07 Å². The van der Waals surface area contributed by atoms with E-state index in [1.165, 1.54) is 0 Å². The van der Waals surface area contributed by atoms with Crippen LogP contribution in [0.4, 0.5) is 5.82 Å². The first-order chi connectivity index (χ1) is 11.8. The molecule has 0 aromatic carbocycles. The Balaban J connectivity index is 1.49. The average Bonchev–Trinajstić information content (AvgIpc) is 3.08. The third kappa shape index (κ3) is 4.09. The molecule has 3 heterocycles. The van der Waals surface area contributed by atoms with Crippen molar-refractivity contribution in [1.82, 2.24) is 20.0 Å². The summed E-state index contributed by atoms with van der Waals surface area (Å²) in [5, 5.41) is 12.9. The van der Waals surface area contributed by atoms with E-state index < -0.39 is 0 Å². The van der Waals surface area contributed by atoms with Gasteiger partial charge in [-0.15, -0.1) is 0 Å². The molecule has 1 saturated heterocycles. The normalized spacial score (nSPS) is 15.4. The van der Waals surface area contributed by atoms with Crippen LogP contribution < -0.4 is 4.90 Å². The van der Waals surface area contributed by atoms with Crippen molar-refractivity contribution in [3.63, 3.8) is 0 Å². The van der Waals surface area contributed by atoms with Crippen LogP contribution in [0, 0.1) is 11.3 Å². The van der Waals surface area contributed by atoms with Gasteiger partial charge in [0.15, 0.2) is 5.82 Å². The minimum Gasteiger partial charge on any atom is -0.354 e. The fourth-order valence-corrected chi connectivity index (χ4v) is 2.76. The van der Waals surface area contributed by atoms with Crippen molar-refractivity contribution in [1.29, 1.82) is 5.26 Å². The molecule has 0 saturated carbocycles. The second-order valence-electron chi connectivity index (χ2n) is 5.99. The second kappa shape index (κ2) is 7.88. The van der Waals surface area contributed by atoms with Crippen LogP contribution in [0.5, 0.6) is 0 Å². The minimum atomic E-state index is 0.590. The molecule has 0 aliphatic carbocycles. The summed E-state index contributed by atoms with van der Waals surface area (Å²) in [6, 6.07) is 5.81. The maximum atomic E-state index is 8.83. The number of rotatable bonds is 6. The number of unbranched alkanes of at least 4 members (excludes halogenated alkanes) is 1. The van der Waals surface area contributed by atoms with E-state index in [2.05, 4.69) is 37.9 Å². The number of hydrogen-bond donors (Lipinski definition) is 0. The third-order valence-corrected chi connectivity index (χ3v) is 4.20. The standard InChI is InChI=1S/C17H22N6O/c1-2-3-4-15-20-17(24-21-15)13-22-7-9-23(10-8-22)16-6-5-14(11-18)12-19-16/h5-6,12H,2-4,7-10,13H2,1H3. The van der Waals surface area contributed by atoms with Crippen LogP contribution in [-0.4, -0.2) is 46.2 Å². The van der Waals surface area contributed by atoms with E-state index >= 15 is 0 Å². The zero-order valence-corrected chi connectivity index (χ0v) is 14.0. The van der Waals surface area contributed by atoms with Crippen molar-refractivity contribution in [2.24, 2.45) is 0 Å². The maximum Gasteiger partial charge on any atom is 0.240 e. The first-order valence-corrected chi connectivity index (χ1v) is 8.43. The zero-order valence-electron chi connectivity index (χ0n) is 14.0. The summed E-state index contributed by atoms with van der Waals surface area (Å²) in [6.45, 7) is 6.51. The molecule has 2 aromatic heterocycles. The molecule has 1 fully saturated rings. The number of aryl methyl sites for hydroxylation is 1. The molecule has 1 aliphatic heterocycles. The second-order valence-corrected chi connectivity index (χ2v) is 5.99. The van der Waals surface area contributed by atoms with Crippen molar-refractivity contribution >= 4 is 5.82 Å². The Hall–Kier alpha value is -2.46. The van der Waals surface area contributed by atoms with Crippen molar-refractivity contribution < 1.29 is 4.52 Å². The number of aromatic nitrogens is 3. The van der Waals surface area contributed by atoms with Crippen LogP contribution in [-0.2, 0) is 13.0 Å². The van der Waals surface area contributed by atoms with E-state index in [0.29, 0.717) is 18.0 Å². The Bertz CT molecular complexity index is 682. The molecular weight excluding hydrogens is 304 g/mol. The number of anilines is 1. The van der Waals surface area contributed by atoms with Gasteiger partial charge in [0.05, 0.1) is 12.1 Å². The Kier molecular flexibility index (Phi) is 5.39. The molecule has 0 radical (unpaired) electrons. The Morgan fingerprint density at radius 3 is 2.75 bits per heavy atom. The molecule has 7 nitrogen and oxygen atoms in total. The van der Waals surface area contributed by atoms with Crippen molar-refractivity contribution in [2.75, 3.05) is 31.1 Å². The first-order valence-electron chi connectivity index (χ1n) is 8.43. The summed E-state index contributed by atoms with van der Waals surface area (Å²) in [5.41, 5.74) is 0.590. The van der Waals surface area contributed by atoms with Crippen molar-refractivity contribution in [2.45, 2.75) is 32.7 Å². The number of nitriles is 1. The summed E-state index contributed by atoms with van der Waals surface area (Å²) in [5.74, 6) is 2.44. The fourth-order valence-electron chi connectivity index (χ4n) is 2.76. The number of nitrogens with zero attached hydrogens (tertiary/aromatic N) is 6. The summed E-state index contributed by atoms with van der Waals surface area (Å²) < 4.78 is 5.34. The molecule has 0 bridgehead atoms. The van der Waals surface area contributed by atoms with Gasteiger partial charge in [0.2, 0.25) is 5.89 Å². The van der Waals surface area contributed by atoms with E-state index in [1.807, 2.05) is 12.1 Å². The summed E-state index contributed by atoms with van der Waals surface area (Å²) in [4.78, 5) is 13.4. The number of piperazine rings is 1. The highest BCUT2D eigenvalue weighted by atomic mass is 16.5. The van der Waals surface area contributed by atoms with E-state index in [-0.39, 0.29) is 0 Å². The lowest BCUT2D eigenvalue weighted by atomic mass is 10.2. The first kappa shape index (κ1) is 16.4. The Morgan fingerprint density at radius 1 is 1.25 bits per heavy atom. The molecule has 7 heteroatoms. The van der Waals surface area contributed by atoms with Gasteiger partial charge < -0.3 is 9.42 Å². The smallest absolute Gasteiger partial charge is 0.240 e. The highest BCUT2D eigenvalue weighted by Gasteiger charge is 2.20. The monoisotopic (exact) mass is 326 g/mol. The van der Waals surface area contributed by atoms with Gasteiger partial charge in [-0.25, -0.2) is 4.98 Å². The lowest BCUT2D eigenvalue weighted by Gasteiger charge is -2.34. The third-order valence-electron chi connectivity index (χ3n) is 4.20. The van der Waals surface area contributed by atoms with Gasteiger partial charge in [-0.3, -0.25) is 4.90 Å². The van der Waals surface area contributed by atoms with Gasteiger partial charge in [-0.2, -0.15) is 10.2 Å². The van der Waals surface area contributed by atoms with E-state index in [1.54, 1.807) is 6.20 Å². The molecule has 2 aromatic rings. The Labute approximate surface area is 141 Å². The Morgan fingerprint density at radius 2 is 2.08 bits per heavy atom. The lowest BCUT2D eigenvalue weighted by molar-refractivity contribution is 0.215. The van der Waals surface area contributed by atoms with Gasteiger partial charge in [-0.1, -0.05) is 18.5 Å². The van der Waals surface area contributed by atoms with Crippen molar-refractivity contribution in [3.05, 3.63) is 35.6 Å². The summed E-state index contributed by atoms with van der Waals surface area (Å²) in [6.07, 6.45) is 4.74. The topological polar surface area (TPSA) is 82.1 Å². The molecule has 0 N–H and O–H groups in total. The molecule has 24 heavy (non-hydrogen) atoms. The van der Waals surface area contributed by atoms with Gasteiger partial charge in [0.25, 0.3) is 0 Å². The van der Waals surface area contributed by atoms with Gasteiger partial charge >= 0.3 is 0 Å². The van der Waals surface area contributed by atoms with E-state index in [0.717, 1.165) is 57.1 Å². The zero-order chi connectivity index (χ0) is 16.8. The van der Waals surface area contributed by atoms with Crippen LogP contribution in [0.2, 0.25) is 0 Å². The van der Waals surface area contributed by atoms with Gasteiger partial charge in [-0.05, 0) is 18.6 Å². The number of pyridine rings is 1. The molecule has 0 spiro atoms. The van der Waals surface area contributed by atoms with Crippen LogP contribution in [0.15, 0.2) is 22.9 Å².